The molecular formula is C6H7FN2O2. The average molecular weight is 158 g/mol. The van der Waals surface area contributed by atoms with Gasteiger partial charge < -0.3 is 9.67 Å². The molecule has 0 saturated heterocycles. The number of carbonyl (C=O) groups is 1. The maximum Gasteiger partial charge on any atom is 0.344 e. The molecule has 0 fully saturated rings. The molecule has 11 heavy (non-hydrogen) atoms. The summed E-state index contributed by atoms with van der Waals surface area (Å²) < 4.78 is 14.0. The van der Waals surface area contributed by atoms with Crippen molar-refractivity contribution in [3.63, 3.8) is 0 Å². The minimum absolute atomic E-state index is 0.0532. The zero-order valence-electron chi connectivity index (χ0n) is 5.86. The summed E-state index contributed by atoms with van der Waals surface area (Å²) in [7, 11) is 1.54. The first kappa shape index (κ1) is 7.71. The molecule has 0 spiro atoms. The van der Waals surface area contributed by atoms with E-state index in [9.17, 15) is 9.18 Å². The summed E-state index contributed by atoms with van der Waals surface area (Å²) in [4.78, 5) is 13.7. The van der Waals surface area contributed by atoms with Gasteiger partial charge in [-0.1, -0.05) is 0 Å². The van der Waals surface area contributed by atoms with Gasteiger partial charge in [-0.2, -0.15) is 0 Å². The van der Waals surface area contributed by atoms with E-state index in [1.165, 1.54) is 24.1 Å². The van der Waals surface area contributed by atoms with Crippen molar-refractivity contribution in [3.05, 3.63) is 18.2 Å². The van der Waals surface area contributed by atoms with Crippen LogP contribution in [0.3, 0.4) is 0 Å². The summed E-state index contributed by atoms with van der Waals surface area (Å²) in [6.45, 7) is 0. The number of halogens is 1. The van der Waals surface area contributed by atoms with Crippen molar-refractivity contribution in [3.8, 4) is 0 Å². The van der Waals surface area contributed by atoms with Crippen LogP contribution in [0.15, 0.2) is 12.5 Å². The Morgan fingerprint density at radius 3 is 2.91 bits per heavy atom. The first-order chi connectivity index (χ1) is 5.13. The van der Waals surface area contributed by atoms with E-state index in [0.29, 0.717) is 0 Å². The van der Waals surface area contributed by atoms with Crippen LogP contribution in [0.4, 0.5) is 4.39 Å². The number of alkyl halides is 1. The number of carboxylic acids is 1. The number of nitrogens with zero attached hydrogens (tertiary/aromatic N) is 2. The second-order valence-corrected chi connectivity index (χ2v) is 2.13. The molecule has 0 bridgehead atoms. The van der Waals surface area contributed by atoms with Crippen molar-refractivity contribution < 1.29 is 14.3 Å². The molecule has 0 amide bonds. The molecule has 1 rings (SSSR count). The lowest BCUT2D eigenvalue weighted by Gasteiger charge is -2.01. The van der Waals surface area contributed by atoms with Crippen molar-refractivity contribution in [1.29, 1.82) is 0 Å². The Labute approximate surface area is 62.3 Å². The molecule has 1 heterocycles. The van der Waals surface area contributed by atoms with Gasteiger partial charge in [0.1, 0.15) is 0 Å². The standard InChI is InChI=1S/C6H7FN2O2/c1-9-3-8-2-4(9)5(7)6(10)11/h2-3,5H,1H3,(H,10,11). The summed E-state index contributed by atoms with van der Waals surface area (Å²) in [5.74, 6) is -1.49. The highest BCUT2D eigenvalue weighted by Gasteiger charge is 2.20. The van der Waals surface area contributed by atoms with E-state index in [1.807, 2.05) is 0 Å². The molecule has 5 heteroatoms. The van der Waals surface area contributed by atoms with Gasteiger partial charge in [-0.25, -0.2) is 14.2 Å². The third-order valence-electron chi connectivity index (χ3n) is 1.33. The van der Waals surface area contributed by atoms with Crippen LogP contribution in [0.2, 0.25) is 0 Å². The summed E-state index contributed by atoms with van der Waals surface area (Å²) in [6, 6.07) is 0. The quantitative estimate of drug-likeness (QED) is 0.682. The fourth-order valence-electron chi connectivity index (χ4n) is 0.738. The van der Waals surface area contributed by atoms with Crippen LogP contribution in [0, 0.1) is 0 Å². The van der Waals surface area contributed by atoms with Gasteiger partial charge in [-0.3, -0.25) is 0 Å². The van der Waals surface area contributed by atoms with E-state index in [0.717, 1.165) is 0 Å². The third kappa shape index (κ3) is 1.36. The zero-order valence-corrected chi connectivity index (χ0v) is 5.86. The van der Waals surface area contributed by atoms with E-state index in [2.05, 4.69) is 4.98 Å². The van der Waals surface area contributed by atoms with Gasteiger partial charge in [-0.15, -0.1) is 0 Å². The molecule has 60 valence electrons. The number of rotatable bonds is 2. The van der Waals surface area contributed by atoms with Crippen LogP contribution in [-0.2, 0) is 11.8 Å². The highest BCUT2D eigenvalue weighted by molar-refractivity contribution is 5.73. The summed E-state index contributed by atoms with van der Waals surface area (Å²) in [6.07, 6.45) is 0.561. The summed E-state index contributed by atoms with van der Waals surface area (Å²) in [5.41, 5.74) is 0.0532. The van der Waals surface area contributed by atoms with Crippen molar-refractivity contribution in [2.45, 2.75) is 6.17 Å². The van der Waals surface area contributed by atoms with Gasteiger partial charge in [0, 0.05) is 7.05 Å². The predicted octanol–water partition coefficient (Wildman–Crippen LogP) is 0.515. The number of hydrogen-bond donors (Lipinski definition) is 1. The molecule has 4 nitrogen and oxygen atoms in total. The Balaban J connectivity index is 2.92. The van der Waals surface area contributed by atoms with E-state index in [-0.39, 0.29) is 5.69 Å². The summed E-state index contributed by atoms with van der Waals surface area (Å²) in [5, 5.41) is 8.26. The number of aryl methyl sites for hydroxylation is 1. The minimum Gasteiger partial charge on any atom is -0.479 e. The zero-order chi connectivity index (χ0) is 8.43. The van der Waals surface area contributed by atoms with Crippen LogP contribution in [0.25, 0.3) is 0 Å². The largest absolute Gasteiger partial charge is 0.479 e. The van der Waals surface area contributed by atoms with Crippen molar-refractivity contribution in [2.75, 3.05) is 0 Å². The van der Waals surface area contributed by atoms with E-state index >= 15 is 0 Å². The first-order valence-electron chi connectivity index (χ1n) is 2.96. The van der Waals surface area contributed by atoms with E-state index in [4.69, 9.17) is 5.11 Å². The number of imidazole rings is 1. The molecule has 1 N–H and O–H groups in total. The SMILES string of the molecule is Cn1cncc1C(F)C(=O)O. The van der Waals surface area contributed by atoms with Crippen molar-refractivity contribution in [2.24, 2.45) is 7.05 Å². The lowest BCUT2D eigenvalue weighted by molar-refractivity contribution is -0.143. The molecule has 1 atom stereocenters. The fraction of sp³-hybridized carbons (Fsp3) is 0.333. The van der Waals surface area contributed by atoms with Crippen molar-refractivity contribution in [1.82, 2.24) is 9.55 Å². The highest BCUT2D eigenvalue weighted by Crippen LogP contribution is 2.15. The number of aromatic nitrogens is 2. The molecule has 0 aliphatic rings. The maximum absolute atomic E-state index is 12.7. The molecule has 0 aliphatic carbocycles. The number of carboxylic acid groups (broad SMARTS) is 1. The van der Waals surface area contributed by atoms with Crippen molar-refractivity contribution >= 4 is 5.97 Å². The average Bonchev–Trinajstić information content (AvgIpc) is 2.33. The topological polar surface area (TPSA) is 55.1 Å². The lowest BCUT2D eigenvalue weighted by Crippen LogP contribution is -2.09. The third-order valence-corrected chi connectivity index (χ3v) is 1.33. The predicted molar refractivity (Wildman–Crippen MR) is 34.7 cm³/mol. The van der Waals surface area contributed by atoms with Crippen LogP contribution >= 0.6 is 0 Å². The second kappa shape index (κ2) is 2.69. The molecular weight excluding hydrogens is 151 g/mol. The number of hydrogen-bond acceptors (Lipinski definition) is 2. The number of aliphatic carboxylic acids is 1. The fourth-order valence-corrected chi connectivity index (χ4v) is 0.738. The van der Waals surface area contributed by atoms with E-state index < -0.39 is 12.1 Å². The van der Waals surface area contributed by atoms with E-state index in [1.54, 1.807) is 0 Å². The maximum atomic E-state index is 12.7. The molecule has 0 aromatic carbocycles. The van der Waals surface area contributed by atoms with Crippen LogP contribution in [0.1, 0.15) is 11.9 Å². The van der Waals surface area contributed by atoms with Gasteiger partial charge >= 0.3 is 5.97 Å². The molecule has 1 aromatic heterocycles. The molecule has 0 aliphatic heterocycles. The Morgan fingerprint density at radius 1 is 1.91 bits per heavy atom. The van der Waals surface area contributed by atoms with Gasteiger partial charge in [-0.05, 0) is 0 Å². The Bertz CT molecular complexity index is 271. The van der Waals surface area contributed by atoms with Gasteiger partial charge in [0.15, 0.2) is 0 Å². The monoisotopic (exact) mass is 158 g/mol. The molecule has 1 unspecified atom stereocenters. The Hall–Kier alpha value is -1.39. The first-order valence-corrected chi connectivity index (χ1v) is 2.96. The molecule has 0 saturated carbocycles. The Kier molecular flexibility index (Phi) is 1.89. The van der Waals surface area contributed by atoms with Crippen LogP contribution < -0.4 is 0 Å². The second-order valence-electron chi connectivity index (χ2n) is 2.13. The smallest absolute Gasteiger partial charge is 0.344 e. The normalized spacial score (nSPS) is 12.9. The van der Waals surface area contributed by atoms with Gasteiger partial charge in [0.25, 0.3) is 0 Å². The highest BCUT2D eigenvalue weighted by atomic mass is 19.1. The van der Waals surface area contributed by atoms with Gasteiger partial charge in [0.2, 0.25) is 6.17 Å². The van der Waals surface area contributed by atoms with Crippen LogP contribution in [-0.4, -0.2) is 20.6 Å². The minimum atomic E-state index is -1.98. The Morgan fingerprint density at radius 2 is 2.55 bits per heavy atom. The molecule has 0 radical (unpaired) electrons. The van der Waals surface area contributed by atoms with Gasteiger partial charge in [0.05, 0.1) is 18.2 Å². The molecule has 1 aromatic rings. The lowest BCUT2D eigenvalue weighted by atomic mass is 10.3. The van der Waals surface area contributed by atoms with Crippen LogP contribution in [0.5, 0.6) is 0 Å². The summed E-state index contributed by atoms with van der Waals surface area (Å²) >= 11 is 0.